The van der Waals surface area contributed by atoms with Crippen LogP contribution in [-0.4, -0.2) is 0 Å². The first kappa shape index (κ1) is 7.36. The summed E-state index contributed by atoms with van der Waals surface area (Å²) in [5.41, 5.74) is 2.04. The van der Waals surface area contributed by atoms with Gasteiger partial charge in [0.2, 0.25) is 5.51 Å². The number of thiazole rings is 1. The second-order valence-corrected chi connectivity index (χ2v) is 1.95. The molecule has 0 spiro atoms. The van der Waals surface area contributed by atoms with Crippen LogP contribution in [0.25, 0.3) is 0 Å². The van der Waals surface area contributed by atoms with E-state index in [1.807, 2.05) is 28.7 Å². The SMILES string of the molecule is C[n+]1ccsc1.[I-]. The summed E-state index contributed by atoms with van der Waals surface area (Å²) in [6, 6.07) is 0. The van der Waals surface area contributed by atoms with E-state index in [9.17, 15) is 0 Å². The van der Waals surface area contributed by atoms with E-state index >= 15 is 0 Å². The van der Waals surface area contributed by atoms with Crippen LogP contribution in [0.4, 0.5) is 0 Å². The Morgan fingerprint density at radius 3 is 2.43 bits per heavy atom. The molecule has 0 aromatic carbocycles. The first-order chi connectivity index (χ1) is 2.89. The Bertz CT molecular complexity index is 115. The standard InChI is InChI=1S/C4H6NS.HI/c1-5-2-3-6-4-5;/h2-4H,1H3;1H/q+1;/p-1. The van der Waals surface area contributed by atoms with Gasteiger partial charge in [-0.05, 0) is 0 Å². The third-order valence-corrected chi connectivity index (χ3v) is 1.33. The molecule has 0 aliphatic carbocycles. The van der Waals surface area contributed by atoms with Crippen molar-refractivity contribution in [2.75, 3.05) is 0 Å². The summed E-state index contributed by atoms with van der Waals surface area (Å²) in [7, 11) is 2.01. The van der Waals surface area contributed by atoms with Crippen LogP contribution in [0.5, 0.6) is 0 Å². The van der Waals surface area contributed by atoms with Crippen molar-refractivity contribution in [2.45, 2.75) is 0 Å². The molecule has 0 bridgehead atoms. The summed E-state index contributed by atoms with van der Waals surface area (Å²) < 4.78 is 2.02. The first-order valence-corrected chi connectivity index (χ1v) is 2.71. The topological polar surface area (TPSA) is 3.88 Å². The van der Waals surface area contributed by atoms with Gasteiger partial charge in [-0.3, -0.25) is 0 Å². The molecule has 0 atom stereocenters. The average Bonchev–Trinajstić information content (AvgIpc) is 1.86. The predicted molar refractivity (Wildman–Crippen MR) is 25.5 cm³/mol. The zero-order valence-electron chi connectivity index (χ0n) is 3.97. The second-order valence-electron chi connectivity index (χ2n) is 1.19. The van der Waals surface area contributed by atoms with Crippen molar-refractivity contribution in [3.05, 3.63) is 17.1 Å². The largest absolute Gasteiger partial charge is 1.00 e. The lowest BCUT2D eigenvalue weighted by molar-refractivity contribution is -0.666. The van der Waals surface area contributed by atoms with Gasteiger partial charge >= 0.3 is 0 Å². The molecule has 0 N–H and O–H groups in total. The number of aromatic nitrogens is 1. The van der Waals surface area contributed by atoms with Crippen molar-refractivity contribution in [1.82, 2.24) is 0 Å². The third-order valence-electron chi connectivity index (χ3n) is 0.602. The minimum atomic E-state index is 0. The fourth-order valence-corrected chi connectivity index (χ4v) is 0.892. The maximum absolute atomic E-state index is 2.04. The fourth-order valence-electron chi connectivity index (χ4n) is 0.297. The van der Waals surface area contributed by atoms with E-state index in [4.69, 9.17) is 0 Å². The molecule has 1 rings (SSSR count). The van der Waals surface area contributed by atoms with Crippen LogP contribution < -0.4 is 28.5 Å². The zero-order chi connectivity index (χ0) is 4.41. The highest BCUT2D eigenvalue weighted by atomic mass is 127. The van der Waals surface area contributed by atoms with E-state index in [0.29, 0.717) is 0 Å². The lowest BCUT2D eigenvalue weighted by Crippen LogP contribution is -3.00. The van der Waals surface area contributed by atoms with Crippen molar-refractivity contribution >= 4 is 11.3 Å². The highest BCUT2D eigenvalue weighted by Crippen LogP contribution is 1.83. The van der Waals surface area contributed by atoms with Gasteiger partial charge in [-0.1, -0.05) is 11.3 Å². The minimum Gasteiger partial charge on any atom is -1.00 e. The van der Waals surface area contributed by atoms with Crippen molar-refractivity contribution in [3.8, 4) is 0 Å². The van der Waals surface area contributed by atoms with E-state index in [1.54, 1.807) is 11.3 Å². The highest BCUT2D eigenvalue weighted by Gasteiger charge is 1.81. The zero-order valence-corrected chi connectivity index (χ0v) is 6.94. The van der Waals surface area contributed by atoms with E-state index < -0.39 is 0 Å². The Labute approximate surface area is 64.0 Å². The molecular weight excluding hydrogens is 221 g/mol. The van der Waals surface area contributed by atoms with Gasteiger partial charge in [0.1, 0.15) is 7.05 Å². The van der Waals surface area contributed by atoms with Crippen LogP contribution in [-0.2, 0) is 7.05 Å². The van der Waals surface area contributed by atoms with Crippen molar-refractivity contribution < 1.29 is 28.5 Å². The fraction of sp³-hybridized carbons (Fsp3) is 0.250. The molecule has 0 saturated carbocycles. The van der Waals surface area contributed by atoms with Gasteiger partial charge in [-0.2, -0.15) is 4.57 Å². The molecule has 3 heteroatoms. The Kier molecular flexibility index (Phi) is 3.55. The van der Waals surface area contributed by atoms with Gasteiger partial charge in [0.05, 0.1) is 5.38 Å². The Morgan fingerprint density at radius 2 is 2.29 bits per heavy atom. The number of halogens is 1. The lowest BCUT2D eigenvalue weighted by Gasteiger charge is -1.62. The monoisotopic (exact) mass is 227 g/mol. The van der Waals surface area contributed by atoms with Crippen molar-refractivity contribution in [1.29, 1.82) is 0 Å². The Hall–Kier alpha value is 0.360. The minimum absolute atomic E-state index is 0. The van der Waals surface area contributed by atoms with Crippen molar-refractivity contribution in [2.24, 2.45) is 7.05 Å². The van der Waals surface area contributed by atoms with Crippen molar-refractivity contribution in [3.63, 3.8) is 0 Å². The molecule has 1 aromatic rings. The van der Waals surface area contributed by atoms with E-state index in [0.717, 1.165) is 0 Å². The van der Waals surface area contributed by atoms with E-state index in [-0.39, 0.29) is 24.0 Å². The molecule has 0 aliphatic rings. The molecule has 0 unspecified atom stereocenters. The normalized spacial score (nSPS) is 7.57. The summed E-state index contributed by atoms with van der Waals surface area (Å²) in [5.74, 6) is 0. The number of aryl methyl sites for hydroxylation is 1. The molecule has 7 heavy (non-hydrogen) atoms. The van der Waals surface area contributed by atoms with Gasteiger partial charge in [-0.25, -0.2) is 0 Å². The van der Waals surface area contributed by atoms with Gasteiger partial charge < -0.3 is 24.0 Å². The van der Waals surface area contributed by atoms with Crippen LogP contribution in [0.15, 0.2) is 17.1 Å². The van der Waals surface area contributed by atoms with Gasteiger partial charge in [-0.15, -0.1) is 0 Å². The molecule has 1 nitrogen and oxygen atoms in total. The third kappa shape index (κ3) is 2.23. The lowest BCUT2D eigenvalue weighted by atomic mass is 10.9. The number of hydrogen-bond acceptors (Lipinski definition) is 1. The summed E-state index contributed by atoms with van der Waals surface area (Å²) in [4.78, 5) is 0. The predicted octanol–water partition coefficient (Wildman–Crippen LogP) is -2.42. The van der Waals surface area contributed by atoms with E-state index in [2.05, 4.69) is 0 Å². The van der Waals surface area contributed by atoms with Gasteiger partial charge in [0.15, 0.2) is 6.20 Å². The first-order valence-electron chi connectivity index (χ1n) is 1.77. The van der Waals surface area contributed by atoms with Crippen LogP contribution in [0.3, 0.4) is 0 Å². The Morgan fingerprint density at radius 1 is 1.57 bits per heavy atom. The average molecular weight is 227 g/mol. The molecule has 0 radical (unpaired) electrons. The second kappa shape index (κ2) is 3.37. The summed E-state index contributed by atoms with van der Waals surface area (Å²) in [5, 5.41) is 2.04. The molecular formula is C4H6INS. The maximum atomic E-state index is 2.04. The smallest absolute Gasteiger partial charge is 0.224 e. The van der Waals surface area contributed by atoms with Crippen LogP contribution in [0.1, 0.15) is 0 Å². The highest BCUT2D eigenvalue weighted by molar-refractivity contribution is 7.07. The molecule has 40 valence electrons. The van der Waals surface area contributed by atoms with Gasteiger partial charge in [0.25, 0.3) is 0 Å². The molecule has 1 heterocycles. The molecule has 0 amide bonds. The number of hydrogen-bond donors (Lipinski definition) is 0. The summed E-state index contributed by atoms with van der Waals surface area (Å²) in [6.07, 6.45) is 2.02. The number of rotatable bonds is 0. The van der Waals surface area contributed by atoms with Crippen LogP contribution in [0, 0.1) is 0 Å². The quantitative estimate of drug-likeness (QED) is 0.343. The molecule has 0 aliphatic heterocycles. The summed E-state index contributed by atoms with van der Waals surface area (Å²) in [6.45, 7) is 0. The maximum Gasteiger partial charge on any atom is 0.224 e. The number of nitrogens with zero attached hydrogens (tertiary/aromatic N) is 1. The van der Waals surface area contributed by atoms with Gasteiger partial charge in [0, 0.05) is 0 Å². The molecule has 0 fully saturated rings. The summed E-state index contributed by atoms with van der Waals surface area (Å²) >= 11 is 1.70. The molecule has 1 aromatic heterocycles. The van der Waals surface area contributed by atoms with E-state index in [1.165, 1.54) is 0 Å². The van der Waals surface area contributed by atoms with Crippen LogP contribution >= 0.6 is 11.3 Å². The molecule has 0 saturated heterocycles. The Balaban J connectivity index is 0.000000360. The van der Waals surface area contributed by atoms with Crippen LogP contribution in [0.2, 0.25) is 0 Å².